The molecule has 0 bridgehead atoms. The molecule has 0 saturated heterocycles. The summed E-state index contributed by atoms with van der Waals surface area (Å²) in [7, 11) is 0. The topological polar surface area (TPSA) is 70.2 Å². The van der Waals surface area contributed by atoms with Crippen molar-refractivity contribution in [3.8, 4) is 6.07 Å². The number of halogens is 1. The van der Waals surface area contributed by atoms with E-state index < -0.39 is 16.4 Å². The molecule has 0 aliphatic heterocycles. The van der Waals surface area contributed by atoms with Crippen LogP contribution in [-0.4, -0.2) is 22.9 Å². The molecule has 0 saturated carbocycles. The fourth-order valence-electron chi connectivity index (χ4n) is 1.80. The van der Waals surface area contributed by atoms with Crippen molar-refractivity contribution in [1.82, 2.24) is 4.90 Å². The first-order valence-electron chi connectivity index (χ1n) is 6.03. The van der Waals surface area contributed by atoms with Gasteiger partial charge in [-0.15, -0.1) is 0 Å². The maximum atomic E-state index is 13.9. The smallest absolute Gasteiger partial charge is 0.298 e. The predicted molar refractivity (Wildman–Crippen MR) is 68.8 cm³/mol. The first-order valence-corrected chi connectivity index (χ1v) is 6.03. The summed E-state index contributed by atoms with van der Waals surface area (Å²) in [6.45, 7) is 5.10. The van der Waals surface area contributed by atoms with Crippen molar-refractivity contribution in [2.75, 3.05) is 13.1 Å². The Bertz CT molecular complexity index is 499. The van der Waals surface area contributed by atoms with E-state index in [1.165, 1.54) is 12.1 Å². The van der Waals surface area contributed by atoms with Crippen molar-refractivity contribution >= 4 is 5.69 Å². The highest BCUT2D eigenvalue weighted by Gasteiger charge is 2.19. The third kappa shape index (κ3) is 4.00. The summed E-state index contributed by atoms with van der Waals surface area (Å²) in [5.74, 6) is -0.961. The van der Waals surface area contributed by atoms with Gasteiger partial charge in [-0.25, -0.2) is 0 Å². The average Bonchev–Trinajstić information content (AvgIpc) is 2.39. The second kappa shape index (κ2) is 6.81. The highest BCUT2D eigenvalue weighted by Crippen LogP contribution is 2.21. The van der Waals surface area contributed by atoms with Gasteiger partial charge in [0.2, 0.25) is 5.82 Å². The molecule has 1 aromatic carbocycles. The lowest BCUT2D eigenvalue weighted by Gasteiger charge is -2.21. The summed E-state index contributed by atoms with van der Waals surface area (Å²) < 4.78 is 13.9. The van der Waals surface area contributed by atoms with Gasteiger partial charge >= 0.3 is 5.69 Å². The van der Waals surface area contributed by atoms with Crippen LogP contribution in [0.4, 0.5) is 10.1 Å². The second-order valence-corrected chi connectivity index (χ2v) is 4.37. The number of rotatable bonds is 6. The molecule has 0 amide bonds. The van der Waals surface area contributed by atoms with Crippen molar-refractivity contribution < 1.29 is 9.31 Å². The zero-order valence-corrected chi connectivity index (χ0v) is 11.0. The monoisotopic (exact) mass is 265 g/mol. The molecule has 0 aliphatic carbocycles. The summed E-state index contributed by atoms with van der Waals surface area (Å²) >= 11 is 0. The van der Waals surface area contributed by atoms with E-state index >= 15 is 0 Å². The zero-order valence-electron chi connectivity index (χ0n) is 11.0. The number of nitrogens with zero attached hydrogens (tertiary/aromatic N) is 3. The van der Waals surface area contributed by atoms with Crippen LogP contribution in [-0.2, 0) is 6.54 Å². The average molecular weight is 265 g/mol. The van der Waals surface area contributed by atoms with Gasteiger partial charge in [0.25, 0.3) is 0 Å². The predicted octanol–water partition coefficient (Wildman–Crippen LogP) is 2.72. The molecular formula is C13H16FN3O2. The summed E-state index contributed by atoms with van der Waals surface area (Å²) in [6, 6.07) is 6.26. The Balaban J connectivity index is 2.89. The lowest BCUT2D eigenvalue weighted by Crippen LogP contribution is -2.28. The minimum atomic E-state index is -0.796. The molecule has 1 unspecified atom stereocenters. The van der Waals surface area contributed by atoms with Crippen LogP contribution in [0.5, 0.6) is 0 Å². The number of benzene rings is 1. The molecule has 1 atom stereocenters. The van der Waals surface area contributed by atoms with Crippen molar-refractivity contribution in [3.63, 3.8) is 0 Å². The number of hydrogen-bond donors (Lipinski definition) is 0. The third-order valence-electron chi connectivity index (χ3n) is 2.85. The van der Waals surface area contributed by atoms with Gasteiger partial charge in [-0.3, -0.25) is 15.0 Å². The van der Waals surface area contributed by atoms with Crippen molar-refractivity contribution in [2.45, 2.75) is 20.4 Å². The van der Waals surface area contributed by atoms with Gasteiger partial charge in [0.15, 0.2) is 0 Å². The standard InChI is InChI=1S/C13H16FN3O2/c1-3-16(8-10(2)7-15)9-11-5-4-6-12(13(11)14)17(18)19/h4-6,10H,3,8-9H2,1-2H3. The van der Waals surface area contributed by atoms with E-state index in [4.69, 9.17) is 5.26 Å². The molecule has 0 aliphatic rings. The zero-order chi connectivity index (χ0) is 14.4. The molecule has 6 heteroatoms. The minimum Gasteiger partial charge on any atom is -0.298 e. The van der Waals surface area contributed by atoms with E-state index in [-0.39, 0.29) is 18.0 Å². The summed E-state index contributed by atoms with van der Waals surface area (Å²) in [5.41, 5.74) is -0.233. The molecule has 0 heterocycles. The van der Waals surface area contributed by atoms with Crippen LogP contribution in [0, 0.1) is 33.2 Å². The highest BCUT2D eigenvalue weighted by atomic mass is 19.1. The van der Waals surface area contributed by atoms with Crippen molar-refractivity contribution in [2.24, 2.45) is 5.92 Å². The van der Waals surface area contributed by atoms with Gasteiger partial charge in [0.1, 0.15) is 0 Å². The molecule has 0 aromatic heterocycles. The molecule has 19 heavy (non-hydrogen) atoms. The van der Waals surface area contributed by atoms with Gasteiger partial charge in [-0.2, -0.15) is 9.65 Å². The van der Waals surface area contributed by atoms with E-state index in [2.05, 4.69) is 6.07 Å². The number of hydrogen-bond acceptors (Lipinski definition) is 4. The van der Waals surface area contributed by atoms with Crippen LogP contribution in [0.2, 0.25) is 0 Å². The second-order valence-electron chi connectivity index (χ2n) is 4.37. The van der Waals surface area contributed by atoms with Crippen LogP contribution < -0.4 is 0 Å². The van der Waals surface area contributed by atoms with Crippen molar-refractivity contribution in [3.05, 3.63) is 39.7 Å². The van der Waals surface area contributed by atoms with Crippen LogP contribution in [0.25, 0.3) is 0 Å². The van der Waals surface area contributed by atoms with Crippen LogP contribution in [0.15, 0.2) is 18.2 Å². The van der Waals surface area contributed by atoms with Crippen LogP contribution in [0.1, 0.15) is 19.4 Å². The molecule has 5 nitrogen and oxygen atoms in total. The fraction of sp³-hybridized carbons (Fsp3) is 0.462. The van der Waals surface area contributed by atoms with Gasteiger partial charge in [-0.05, 0) is 13.5 Å². The SMILES string of the molecule is CCN(Cc1cccc([N+](=O)[O-])c1F)CC(C)C#N. The Morgan fingerprint density at radius 3 is 2.79 bits per heavy atom. The Morgan fingerprint density at radius 1 is 1.58 bits per heavy atom. The first kappa shape index (κ1) is 15.1. The third-order valence-corrected chi connectivity index (χ3v) is 2.85. The maximum absolute atomic E-state index is 13.9. The normalized spacial score (nSPS) is 12.2. The van der Waals surface area contributed by atoms with Gasteiger partial charge in [-0.1, -0.05) is 19.1 Å². The summed E-state index contributed by atoms with van der Waals surface area (Å²) in [6.07, 6.45) is 0. The Labute approximate surface area is 111 Å². The number of nitriles is 1. The number of nitro groups is 1. The fourth-order valence-corrected chi connectivity index (χ4v) is 1.80. The van der Waals surface area contributed by atoms with Gasteiger partial charge in [0.05, 0.1) is 16.9 Å². The lowest BCUT2D eigenvalue weighted by atomic mass is 10.1. The maximum Gasteiger partial charge on any atom is 0.305 e. The minimum absolute atomic E-state index is 0.165. The molecule has 102 valence electrons. The van der Waals surface area contributed by atoms with Crippen molar-refractivity contribution in [1.29, 1.82) is 5.26 Å². The van der Waals surface area contributed by atoms with E-state index in [0.29, 0.717) is 13.1 Å². The molecule has 1 aromatic rings. The Hall–Kier alpha value is -2.00. The molecule has 0 fully saturated rings. The Kier molecular flexibility index (Phi) is 5.39. The quantitative estimate of drug-likeness (QED) is 0.585. The molecule has 0 N–H and O–H groups in total. The summed E-state index contributed by atoms with van der Waals surface area (Å²) in [4.78, 5) is 11.8. The van der Waals surface area contributed by atoms with Gasteiger partial charge in [0, 0.05) is 24.7 Å². The van der Waals surface area contributed by atoms with Gasteiger partial charge < -0.3 is 0 Å². The lowest BCUT2D eigenvalue weighted by molar-refractivity contribution is -0.387. The van der Waals surface area contributed by atoms with Crippen LogP contribution in [0.3, 0.4) is 0 Å². The summed E-state index contributed by atoms with van der Waals surface area (Å²) in [5, 5.41) is 19.4. The molecular weight excluding hydrogens is 249 g/mol. The number of nitro benzene ring substituents is 1. The van der Waals surface area contributed by atoms with E-state index in [0.717, 1.165) is 6.07 Å². The Morgan fingerprint density at radius 2 is 2.26 bits per heavy atom. The largest absolute Gasteiger partial charge is 0.305 e. The van der Waals surface area contributed by atoms with E-state index in [9.17, 15) is 14.5 Å². The van der Waals surface area contributed by atoms with E-state index in [1.807, 2.05) is 11.8 Å². The first-order chi connectivity index (χ1) is 8.99. The molecule has 1 rings (SSSR count). The molecule has 0 radical (unpaired) electrons. The van der Waals surface area contributed by atoms with Crippen LogP contribution >= 0.6 is 0 Å². The van der Waals surface area contributed by atoms with E-state index in [1.54, 1.807) is 6.92 Å². The molecule has 0 spiro atoms. The highest BCUT2D eigenvalue weighted by molar-refractivity contribution is 5.36.